The Labute approximate surface area is 157 Å². The molecule has 2 amide bonds. The zero-order valence-corrected chi connectivity index (χ0v) is 15.5. The number of halogens is 1. The Morgan fingerprint density at radius 1 is 1.37 bits per heavy atom. The molecular weight excluding hydrogens is 347 g/mol. The van der Waals surface area contributed by atoms with Crippen molar-refractivity contribution in [3.05, 3.63) is 41.3 Å². The van der Waals surface area contributed by atoms with Crippen LogP contribution in [0.5, 0.6) is 0 Å². The van der Waals surface area contributed by atoms with Crippen molar-refractivity contribution in [2.24, 2.45) is 0 Å². The van der Waals surface area contributed by atoms with E-state index in [9.17, 15) is 9.18 Å². The van der Waals surface area contributed by atoms with E-state index < -0.39 is 5.82 Å². The lowest BCUT2D eigenvalue weighted by Crippen LogP contribution is -2.53. The van der Waals surface area contributed by atoms with Gasteiger partial charge in [0.2, 0.25) is 5.95 Å². The second kappa shape index (κ2) is 6.77. The lowest BCUT2D eigenvalue weighted by atomic mass is 10.1. The minimum atomic E-state index is -0.412. The van der Waals surface area contributed by atoms with Gasteiger partial charge in [0, 0.05) is 24.8 Å². The highest BCUT2D eigenvalue weighted by Gasteiger charge is 2.40. The normalized spacial score (nSPS) is 20.3. The number of anilines is 3. The Morgan fingerprint density at radius 3 is 2.89 bits per heavy atom. The maximum absolute atomic E-state index is 14.6. The second-order valence-electron chi connectivity index (χ2n) is 7.06. The van der Waals surface area contributed by atoms with Gasteiger partial charge in [0.05, 0.1) is 18.3 Å². The summed E-state index contributed by atoms with van der Waals surface area (Å²) in [4.78, 5) is 27.3. The van der Waals surface area contributed by atoms with Crippen molar-refractivity contribution >= 4 is 23.5 Å². The molecule has 0 aliphatic carbocycles. The van der Waals surface area contributed by atoms with E-state index in [1.807, 2.05) is 0 Å². The topological polar surface area (TPSA) is 78.6 Å². The molecule has 0 bridgehead atoms. The van der Waals surface area contributed by atoms with Crippen molar-refractivity contribution in [1.82, 2.24) is 14.9 Å². The van der Waals surface area contributed by atoms with Gasteiger partial charge in [0.15, 0.2) is 0 Å². The van der Waals surface area contributed by atoms with Crippen LogP contribution in [0, 0.1) is 12.7 Å². The molecule has 8 heteroatoms. The minimum Gasteiger partial charge on any atom is -0.368 e. The molecule has 1 unspecified atom stereocenters. The Morgan fingerprint density at radius 2 is 2.19 bits per heavy atom. The molecule has 2 aliphatic heterocycles. The fourth-order valence-electron chi connectivity index (χ4n) is 3.97. The highest BCUT2D eigenvalue weighted by Crippen LogP contribution is 2.36. The standard InChI is InChI=1S/C19H23FN6O/c1-3-24-8-7-14(11-24)26-17-13(9-22-18(21)23-17)10-25(19(26)27)16-12(2)5-4-6-15(16)20/h4-6,9,14H,3,7-8,10-11H2,1-2H3,(H2,21,22,23). The third kappa shape index (κ3) is 2.99. The summed E-state index contributed by atoms with van der Waals surface area (Å²) in [7, 11) is 0. The maximum Gasteiger partial charge on any atom is 0.330 e. The summed E-state index contributed by atoms with van der Waals surface area (Å²) in [6.07, 6.45) is 2.47. The summed E-state index contributed by atoms with van der Waals surface area (Å²) in [5.41, 5.74) is 7.58. The molecule has 3 heterocycles. The van der Waals surface area contributed by atoms with Crippen molar-refractivity contribution < 1.29 is 9.18 Å². The van der Waals surface area contributed by atoms with E-state index in [-0.39, 0.29) is 24.6 Å². The van der Waals surface area contributed by atoms with Crippen LogP contribution in [0.15, 0.2) is 24.4 Å². The number of nitrogens with zero attached hydrogens (tertiary/aromatic N) is 5. The second-order valence-corrected chi connectivity index (χ2v) is 7.06. The summed E-state index contributed by atoms with van der Waals surface area (Å²) < 4.78 is 14.6. The Kier molecular flexibility index (Phi) is 4.43. The SMILES string of the molecule is CCN1CCC(N2C(=O)N(c3c(C)cccc3F)Cc3cnc(N)nc32)C1. The van der Waals surface area contributed by atoms with Gasteiger partial charge < -0.3 is 10.6 Å². The number of fused-ring (bicyclic) bond motifs is 1. The van der Waals surface area contributed by atoms with Crippen molar-refractivity contribution in [3.63, 3.8) is 0 Å². The van der Waals surface area contributed by atoms with Gasteiger partial charge >= 0.3 is 6.03 Å². The van der Waals surface area contributed by atoms with Gasteiger partial charge in [-0.1, -0.05) is 19.1 Å². The predicted molar refractivity (Wildman–Crippen MR) is 102 cm³/mol. The molecule has 7 nitrogen and oxygen atoms in total. The fraction of sp³-hybridized carbons (Fsp3) is 0.421. The number of aryl methyl sites for hydroxylation is 1. The van der Waals surface area contributed by atoms with E-state index in [4.69, 9.17) is 5.73 Å². The molecule has 2 aliphatic rings. The molecule has 1 saturated heterocycles. The molecule has 0 radical (unpaired) electrons. The summed E-state index contributed by atoms with van der Waals surface area (Å²) in [6, 6.07) is 4.54. The largest absolute Gasteiger partial charge is 0.368 e. The van der Waals surface area contributed by atoms with Crippen LogP contribution in [0.4, 0.5) is 26.6 Å². The number of nitrogens with two attached hydrogens (primary N) is 1. The summed E-state index contributed by atoms with van der Waals surface area (Å²) in [5, 5.41) is 0. The number of rotatable bonds is 3. The average molecular weight is 370 g/mol. The quantitative estimate of drug-likeness (QED) is 0.898. The molecule has 2 N–H and O–H groups in total. The molecule has 142 valence electrons. The van der Waals surface area contributed by atoms with E-state index in [2.05, 4.69) is 21.8 Å². The van der Waals surface area contributed by atoms with Crippen molar-refractivity contribution in [2.45, 2.75) is 32.9 Å². The molecule has 2 aromatic rings. The number of carbonyl (C=O) groups is 1. The number of benzene rings is 1. The van der Waals surface area contributed by atoms with Crippen LogP contribution in [0.2, 0.25) is 0 Å². The molecule has 1 fully saturated rings. The molecule has 1 atom stereocenters. The number of amides is 2. The molecular formula is C19H23FN6O. The highest BCUT2D eigenvalue weighted by atomic mass is 19.1. The average Bonchev–Trinajstić information content (AvgIpc) is 3.11. The van der Waals surface area contributed by atoms with Gasteiger partial charge in [-0.25, -0.2) is 14.2 Å². The van der Waals surface area contributed by atoms with Crippen LogP contribution in [-0.4, -0.2) is 46.6 Å². The maximum atomic E-state index is 14.6. The van der Waals surface area contributed by atoms with E-state index in [0.29, 0.717) is 17.1 Å². The fourth-order valence-corrected chi connectivity index (χ4v) is 3.97. The number of urea groups is 1. The van der Waals surface area contributed by atoms with Crippen LogP contribution in [0.1, 0.15) is 24.5 Å². The van der Waals surface area contributed by atoms with E-state index in [1.165, 1.54) is 11.0 Å². The monoisotopic (exact) mass is 370 g/mol. The first-order valence-electron chi connectivity index (χ1n) is 9.19. The first kappa shape index (κ1) is 17.7. The first-order chi connectivity index (χ1) is 13.0. The van der Waals surface area contributed by atoms with Gasteiger partial charge in [-0.2, -0.15) is 4.98 Å². The van der Waals surface area contributed by atoms with Crippen LogP contribution < -0.4 is 15.5 Å². The summed E-state index contributed by atoms with van der Waals surface area (Å²) in [6.45, 7) is 6.72. The number of likely N-dealkylation sites (tertiary alicyclic amines) is 1. The van der Waals surface area contributed by atoms with Crippen LogP contribution >= 0.6 is 0 Å². The zero-order valence-electron chi connectivity index (χ0n) is 15.5. The molecule has 1 aromatic heterocycles. The van der Waals surface area contributed by atoms with Gasteiger partial charge in [-0.15, -0.1) is 0 Å². The van der Waals surface area contributed by atoms with Gasteiger partial charge in [-0.3, -0.25) is 9.80 Å². The van der Waals surface area contributed by atoms with Crippen LogP contribution in [0.25, 0.3) is 0 Å². The van der Waals surface area contributed by atoms with Gasteiger partial charge in [-0.05, 0) is 31.5 Å². The Balaban J connectivity index is 1.80. The number of hydrogen-bond acceptors (Lipinski definition) is 5. The predicted octanol–water partition coefficient (Wildman–Crippen LogP) is 2.55. The van der Waals surface area contributed by atoms with Crippen molar-refractivity contribution in [3.8, 4) is 0 Å². The minimum absolute atomic E-state index is 0.0274. The third-order valence-corrected chi connectivity index (χ3v) is 5.37. The lowest BCUT2D eigenvalue weighted by molar-refractivity contribution is 0.246. The van der Waals surface area contributed by atoms with Crippen LogP contribution in [-0.2, 0) is 6.54 Å². The number of nitrogen functional groups attached to an aromatic ring is 1. The van der Waals surface area contributed by atoms with E-state index >= 15 is 0 Å². The van der Waals surface area contributed by atoms with Crippen molar-refractivity contribution in [2.75, 3.05) is 35.2 Å². The third-order valence-electron chi connectivity index (χ3n) is 5.37. The number of aromatic nitrogens is 2. The lowest BCUT2D eigenvalue weighted by Gasteiger charge is -2.39. The van der Waals surface area contributed by atoms with E-state index in [0.717, 1.165) is 31.6 Å². The molecule has 0 spiro atoms. The number of likely N-dealkylation sites (N-methyl/N-ethyl adjacent to an activating group) is 1. The smallest absolute Gasteiger partial charge is 0.330 e. The zero-order chi connectivity index (χ0) is 19.1. The Bertz CT molecular complexity index is 868. The first-order valence-corrected chi connectivity index (χ1v) is 9.19. The summed E-state index contributed by atoms with van der Waals surface area (Å²) >= 11 is 0. The highest BCUT2D eigenvalue weighted by molar-refractivity contribution is 6.06. The molecule has 1 aromatic carbocycles. The van der Waals surface area contributed by atoms with Crippen molar-refractivity contribution in [1.29, 1.82) is 0 Å². The van der Waals surface area contributed by atoms with Gasteiger partial charge in [0.25, 0.3) is 0 Å². The van der Waals surface area contributed by atoms with E-state index in [1.54, 1.807) is 30.2 Å². The number of hydrogen-bond donors (Lipinski definition) is 1. The molecule has 4 rings (SSSR count). The van der Waals surface area contributed by atoms with Gasteiger partial charge in [0.1, 0.15) is 11.6 Å². The molecule has 0 saturated carbocycles. The summed E-state index contributed by atoms with van der Waals surface area (Å²) in [5.74, 6) is 0.262. The van der Waals surface area contributed by atoms with Crippen LogP contribution in [0.3, 0.4) is 0 Å². The number of para-hydroxylation sites is 1. The Hall–Kier alpha value is -2.74. The molecule has 27 heavy (non-hydrogen) atoms. The number of carbonyl (C=O) groups excluding carboxylic acids is 1.